The van der Waals surface area contributed by atoms with Crippen LogP contribution in [0.2, 0.25) is 0 Å². The van der Waals surface area contributed by atoms with E-state index in [1.807, 2.05) is 41.5 Å². The molecule has 0 saturated carbocycles. The highest BCUT2D eigenvalue weighted by molar-refractivity contribution is 7.09. The first-order valence-corrected chi connectivity index (χ1v) is 10.3. The molecule has 144 valence electrons. The summed E-state index contributed by atoms with van der Waals surface area (Å²) in [6.07, 6.45) is 7.13. The van der Waals surface area contributed by atoms with Crippen LogP contribution in [0.4, 0.5) is 0 Å². The average molecular weight is 386 g/mol. The fraction of sp³-hybridized carbons (Fsp3) is 0.409. The third kappa shape index (κ3) is 5.36. The highest BCUT2D eigenvalue weighted by Gasteiger charge is 2.19. The summed E-state index contributed by atoms with van der Waals surface area (Å²) in [5.41, 5.74) is 1.05. The molecule has 0 saturated heterocycles. The summed E-state index contributed by atoms with van der Waals surface area (Å²) in [4.78, 5) is 15.7. The van der Waals surface area contributed by atoms with Crippen molar-refractivity contribution in [2.45, 2.75) is 39.3 Å². The van der Waals surface area contributed by atoms with Crippen molar-refractivity contribution >= 4 is 17.2 Å². The molecular weight excluding hydrogens is 358 g/mol. The van der Waals surface area contributed by atoms with Gasteiger partial charge in [-0.1, -0.05) is 24.3 Å². The molecule has 3 rings (SSSR count). The lowest BCUT2D eigenvalue weighted by atomic mass is 10.0. The van der Waals surface area contributed by atoms with Crippen LogP contribution in [-0.2, 0) is 17.9 Å². The maximum Gasteiger partial charge on any atom is 0.223 e. The molecule has 0 spiro atoms. The van der Waals surface area contributed by atoms with Crippen LogP contribution in [-0.4, -0.2) is 24.5 Å². The first-order chi connectivity index (χ1) is 13.2. The monoisotopic (exact) mass is 385 g/mol. The van der Waals surface area contributed by atoms with Gasteiger partial charge in [-0.15, -0.1) is 11.3 Å². The second-order valence-electron chi connectivity index (χ2n) is 6.73. The molecule has 0 bridgehead atoms. The van der Waals surface area contributed by atoms with Gasteiger partial charge in [0.1, 0.15) is 6.61 Å². The van der Waals surface area contributed by atoms with Crippen LogP contribution < -0.4 is 9.47 Å². The normalized spacial score (nSPS) is 15.7. The summed E-state index contributed by atoms with van der Waals surface area (Å²) < 4.78 is 11.4. The van der Waals surface area contributed by atoms with E-state index in [2.05, 4.69) is 18.2 Å². The highest BCUT2D eigenvalue weighted by Crippen LogP contribution is 2.30. The van der Waals surface area contributed by atoms with Gasteiger partial charge in [0.25, 0.3) is 0 Å². The van der Waals surface area contributed by atoms with Gasteiger partial charge in [-0.2, -0.15) is 0 Å². The predicted octanol–water partition coefficient (Wildman–Crippen LogP) is 5.04. The molecule has 1 aromatic heterocycles. The van der Waals surface area contributed by atoms with E-state index in [1.54, 1.807) is 18.4 Å². The van der Waals surface area contributed by atoms with Crippen molar-refractivity contribution in [2.75, 3.05) is 13.7 Å². The predicted molar refractivity (Wildman–Crippen MR) is 109 cm³/mol. The Balaban J connectivity index is 1.62. The zero-order valence-electron chi connectivity index (χ0n) is 16.0. The number of rotatable bonds is 9. The van der Waals surface area contributed by atoms with Gasteiger partial charge in [0.2, 0.25) is 5.91 Å². The highest BCUT2D eigenvalue weighted by atomic mass is 32.1. The minimum atomic E-state index is 0.214. The van der Waals surface area contributed by atoms with E-state index in [0.29, 0.717) is 37.8 Å². The Hall–Kier alpha value is -2.27. The third-order valence-corrected chi connectivity index (χ3v) is 5.69. The third-order valence-electron chi connectivity index (χ3n) is 4.84. The number of methoxy groups -OCH3 is 1. The SMILES string of the molecule is CCN(Cc1ccc(OCc2cccs2)c(OC)c1)C(=O)CC1C=CCC1. The van der Waals surface area contributed by atoms with Crippen LogP contribution in [0.5, 0.6) is 11.5 Å². The molecule has 1 heterocycles. The average Bonchev–Trinajstić information content (AvgIpc) is 3.38. The quantitative estimate of drug-likeness (QED) is 0.568. The number of carbonyl (C=O) groups excluding carboxylic acids is 1. The number of thiophene rings is 1. The van der Waals surface area contributed by atoms with Crippen molar-refractivity contribution in [2.24, 2.45) is 5.92 Å². The fourth-order valence-electron chi connectivity index (χ4n) is 3.29. The summed E-state index contributed by atoms with van der Waals surface area (Å²) in [5.74, 6) is 2.03. The maximum absolute atomic E-state index is 12.6. The van der Waals surface area contributed by atoms with Crippen molar-refractivity contribution in [1.82, 2.24) is 4.90 Å². The molecule has 4 nitrogen and oxygen atoms in total. The Morgan fingerprint density at radius 1 is 1.30 bits per heavy atom. The van der Waals surface area contributed by atoms with Gasteiger partial charge in [-0.3, -0.25) is 4.79 Å². The molecule has 2 aromatic rings. The molecule has 1 atom stereocenters. The smallest absolute Gasteiger partial charge is 0.223 e. The van der Waals surface area contributed by atoms with E-state index in [0.717, 1.165) is 24.2 Å². The molecule has 1 aliphatic carbocycles. The number of nitrogens with zero attached hydrogens (tertiary/aromatic N) is 1. The first-order valence-electron chi connectivity index (χ1n) is 9.46. The van der Waals surface area contributed by atoms with Crippen LogP contribution in [0.1, 0.15) is 36.6 Å². The number of allylic oxidation sites excluding steroid dienone is 2. The van der Waals surface area contributed by atoms with Gasteiger partial charge in [-0.25, -0.2) is 0 Å². The zero-order chi connectivity index (χ0) is 19.1. The molecule has 0 radical (unpaired) electrons. The number of benzene rings is 1. The van der Waals surface area contributed by atoms with Gasteiger partial charge in [-0.05, 0) is 54.8 Å². The second kappa shape index (κ2) is 9.60. The van der Waals surface area contributed by atoms with Crippen LogP contribution in [0.3, 0.4) is 0 Å². The van der Waals surface area contributed by atoms with Crippen molar-refractivity contribution in [3.63, 3.8) is 0 Å². The maximum atomic E-state index is 12.6. The van der Waals surface area contributed by atoms with E-state index in [4.69, 9.17) is 9.47 Å². The number of carbonyl (C=O) groups is 1. The lowest BCUT2D eigenvalue weighted by Gasteiger charge is -2.23. The number of ether oxygens (including phenoxy) is 2. The summed E-state index contributed by atoms with van der Waals surface area (Å²) in [7, 11) is 1.65. The summed E-state index contributed by atoms with van der Waals surface area (Å²) in [5, 5.41) is 2.04. The molecular formula is C22H27NO3S. The van der Waals surface area contributed by atoms with E-state index in [-0.39, 0.29) is 5.91 Å². The lowest BCUT2D eigenvalue weighted by Crippen LogP contribution is -2.31. The van der Waals surface area contributed by atoms with Gasteiger partial charge >= 0.3 is 0 Å². The molecule has 0 fully saturated rings. The number of hydrogen-bond acceptors (Lipinski definition) is 4. The molecule has 1 aromatic carbocycles. The van der Waals surface area contributed by atoms with Gasteiger partial charge in [0.05, 0.1) is 7.11 Å². The van der Waals surface area contributed by atoms with Gasteiger partial charge in [0, 0.05) is 24.4 Å². The number of hydrogen-bond donors (Lipinski definition) is 0. The zero-order valence-corrected chi connectivity index (χ0v) is 16.8. The minimum absolute atomic E-state index is 0.214. The Bertz CT molecular complexity index is 770. The van der Waals surface area contributed by atoms with Crippen LogP contribution in [0, 0.1) is 5.92 Å². The van der Waals surface area contributed by atoms with E-state index in [9.17, 15) is 4.79 Å². The van der Waals surface area contributed by atoms with Crippen molar-refractivity contribution in [3.05, 3.63) is 58.3 Å². The van der Waals surface area contributed by atoms with Gasteiger partial charge in [0.15, 0.2) is 11.5 Å². The van der Waals surface area contributed by atoms with E-state index >= 15 is 0 Å². The fourth-order valence-corrected chi connectivity index (χ4v) is 3.90. The molecule has 27 heavy (non-hydrogen) atoms. The topological polar surface area (TPSA) is 38.8 Å². The Kier molecular flexibility index (Phi) is 6.93. The standard InChI is InChI=1S/C22H27NO3S/c1-3-23(22(24)14-17-7-4-5-8-17)15-18-10-11-20(21(13-18)25-2)26-16-19-9-6-12-27-19/h4,6-7,9-13,17H,3,5,8,14-16H2,1-2H3. The first kappa shape index (κ1) is 19.5. The largest absolute Gasteiger partial charge is 0.493 e. The molecule has 1 unspecified atom stereocenters. The molecule has 1 aliphatic rings. The summed E-state index contributed by atoms with van der Waals surface area (Å²) in [6, 6.07) is 9.98. The van der Waals surface area contributed by atoms with Crippen LogP contribution in [0.15, 0.2) is 47.9 Å². The molecule has 5 heteroatoms. The Morgan fingerprint density at radius 3 is 2.85 bits per heavy atom. The second-order valence-corrected chi connectivity index (χ2v) is 7.76. The summed E-state index contributed by atoms with van der Waals surface area (Å²) in [6.45, 7) is 3.85. The van der Waals surface area contributed by atoms with Crippen LogP contribution in [0.25, 0.3) is 0 Å². The summed E-state index contributed by atoms with van der Waals surface area (Å²) >= 11 is 1.67. The van der Waals surface area contributed by atoms with Crippen LogP contribution >= 0.6 is 11.3 Å². The van der Waals surface area contributed by atoms with Crippen molar-refractivity contribution < 1.29 is 14.3 Å². The van der Waals surface area contributed by atoms with Crippen molar-refractivity contribution in [1.29, 1.82) is 0 Å². The van der Waals surface area contributed by atoms with E-state index < -0.39 is 0 Å². The molecule has 1 amide bonds. The molecule has 0 N–H and O–H groups in total. The van der Waals surface area contributed by atoms with Crippen molar-refractivity contribution in [3.8, 4) is 11.5 Å². The Labute approximate surface area is 165 Å². The van der Waals surface area contributed by atoms with Gasteiger partial charge < -0.3 is 14.4 Å². The lowest BCUT2D eigenvalue weighted by molar-refractivity contribution is -0.132. The van der Waals surface area contributed by atoms with E-state index in [1.165, 1.54) is 4.88 Å². The number of amides is 1. The molecule has 0 aliphatic heterocycles. The Morgan fingerprint density at radius 2 is 2.19 bits per heavy atom. The minimum Gasteiger partial charge on any atom is -0.493 e.